The summed E-state index contributed by atoms with van der Waals surface area (Å²) in [7, 11) is 0. The number of nitrogens with zero attached hydrogens (tertiary/aromatic N) is 3. The van der Waals surface area contributed by atoms with E-state index in [-0.39, 0.29) is 29.3 Å². The number of alkyl halides is 2. The lowest BCUT2D eigenvalue weighted by Crippen LogP contribution is -2.31. The molecule has 0 radical (unpaired) electrons. The Hall–Kier alpha value is -3.81. The summed E-state index contributed by atoms with van der Waals surface area (Å²) in [6.07, 6.45) is 2.53. The molecule has 0 saturated heterocycles. The number of pyridine rings is 2. The number of aromatic nitrogens is 3. The van der Waals surface area contributed by atoms with Crippen molar-refractivity contribution in [2.45, 2.75) is 39.8 Å². The lowest BCUT2D eigenvalue weighted by atomic mass is 9.98. The maximum absolute atomic E-state index is 13.4. The zero-order valence-corrected chi connectivity index (χ0v) is 18.5. The molecular weight excluding hydrogens is 426 g/mol. The van der Waals surface area contributed by atoms with Gasteiger partial charge in [0.05, 0.1) is 12.2 Å². The molecule has 6 nitrogen and oxygen atoms in total. The maximum Gasteiger partial charge on any atom is 0.263 e. The lowest BCUT2D eigenvalue weighted by Gasteiger charge is -2.20. The van der Waals surface area contributed by atoms with E-state index in [0.29, 0.717) is 17.0 Å². The Bertz CT molecular complexity index is 1360. The van der Waals surface area contributed by atoms with E-state index in [1.54, 1.807) is 19.2 Å². The Morgan fingerprint density at radius 3 is 2.61 bits per heavy atom. The molecule has 0 saturated carbocycles. The van der Waals surface area contributed by atoms with Gasteiger partial charge in [0, 0.05) is 41.5 Å². The number of benzene rings is 1. The summed E-state index contributed by atoms with van der Waals surface area (Å²) in [4.78, 5) is 30.8. The van der Waals surface area contributed by atoms with Crippen molar-refractivity contribution in [3.05, 3.63) is 93.8 Å². The first-order valence-corrected chi connectivity index (χ1v) is 10.6. The first-order chi connectivity index (χ1) is 15.8. The van der Waals surface area contributed by atoms with Crippen molar-refractivity contribution in [3.8, 4) is 11.1 Å². The molecule has 8 heteroatoms. The average molecular weight is 450 g/mol. The molecular formula is C25H24F2N4O2. The molecule has 0 fully saturated rings. The summed E-state index contributed by atoms with van der Waals surface area (Å²) in [5.41, 5.74) is 1.89. The van der Waals surface area contributed by atoms with Crippen molar-refractivity contribution in [1.29, 1.82) is 0 Å². The molecule has 3 heterocycles. The van der Waals surface area contributed by atoms with Gasteiger partial charge in [-0.3, -0.25) is 9.59 Å². The number of imidazole rings is 1. The van der Waals surface area contributed by atoms with Crippen LogP contribution in [-0.2, 0) is 6.54 Å². The zero-order valence-electron chi connectivity index (χ0n) is 18.5. The Balaban J connectivity index is 1.72. The van der Waals surface area contributed by atoms with Gasteiger partial charge in [-0.15, -0.1) is 0 Å². The smallest absolute Gasteiger partial charge is 0.263 e. The largest absolute Gasteiger partial charge is 0.348 e. The van der Waals surface area contributed by atoms with E-state index in [1.807, 2.05) is 47.2 Å². The van der Waals surface area contributed by atoms with Crippen molar-refractivity contribution in [2.24, 2.45) is 0 Å². The number of hydrogen-bond acceptors (Lipinski definition) is 3. The standard InChI is InChI=1S/C25H24F2N4O2/c1-15(2)31-14-20(25(33)28-12-19-13-30-10-5-4-9-21(30)29-19)23(32)22(16(31)3)17-7-6-8-18(11-17)24(26)27/h4-11,13-15,24H,12H2,1-3H3,(H,28,33). The number of carbonyl (C=O) groups is 1. The van der Waals surface area contributed by atoms with Crippen LogP contribution in [0.2, 0.25) is 0 Å². The Morgan fingerprint density at radius 2 is 1.91 bits per heavy atom. The number of hydrogen-bond donors (Lipinski definition) is 1. The van der Waals surface area contributed by atoms with Gasteiger partial charge < -0.3 is 14.3 Å². The minimum atomic E-state index is -2.66. The van der Waals surface area contributed by atoms with Crippen molar-refractivity contribution in [2.75, 3.05) is 0 Å². The molecule has 0 spiro atoms. The summed E-state index contributed by atoms with van der Waals surface area (Å²) in [6, 6.07) is 11.3. The van der Waals surface area contributed by atoms with E-state index in [4.69, 9.17) is 0 Å². The van der Waals surface area contributed by atoms with Gasteiger partial charge in [0.25, 0.3) is 12.3 Å². The van der Waals surface area contributed by atoms with E-state index in [1.165, 1.54) is 24.4 Å². The highest BCUT2D eigenvalue weighted by Gasteiger charge is 2.21. The zero-order chi connectivity index (χ0) is 23.7. The van der Waals surface area contributed by atoms with Crippen molar-refractivity contribution in [3.63, 3.8) is 0 Å². The van der Waals surface area contributed by atoms with Crippen molar-refractivity contribution >= 4 is 11.6 Å². The van der Waals surface area contributed by atoms with Crippen molar-refractivity contribution < 1.29 is 13.6 Å². The second kappa shape index (κ2) is 8.97. The van der Waals surface area contributed by atoms with Crippen LogP contribution in [0.3, 0.4) is 0 Å². The first kappa shape index (κ1) is 22.4. The minimum Gasteiger partial charge on any atom is -0.348 e. The minimum absolute atomic E-state index is 0.0458. The van der Waals surface area contributed by atoms with Gasteiger partial charge in [0.2, 0.25) is 5.43 Å². The van der Waals surface area contributed by atoms with E-state index in [2.05, 4.69) is 10.3 Å². The summed E-state index contributed by atoms with van der Waals surface area (Å²) in [5.74, 6) is -0.544. The van der Waals surface area contributed by atoms with Crippen LogP contribution in [0.4, 0.5) is 8.78 Å². The van der Waals surface area contributed by atoms with Gasteiger partial charge in [-0.25, -0.2) is 13.8 Å². The number of fused-ring (bicyclic) bond motifs is 1. The second-order valence-electron chi connectivity index (χ2n) is 8.14. The van der Waals surface area contributed by atoms with Gasteiger partial charge >= 0.3 is 0 Å². The molecule has 1 N–H and O–H groups in total. The summed E-state index contributed by atoms with van der Waals surface area (Å²) in [6.45, 7) is 5.75. The van der Waals surface area contributed by atoms with Gasteiger partial charge in [-0.05, 0) is 44.5 Å². The third-order valence-corrected chi connectivity index (χ3v) is 5.56. The fourth-order valence-electron chi connectivity index (χ4n) is 3.93. The predicted octanol–water partition coefficient (Wildman–Crippen LogP) is 4.92. The van der Waals surface area contributed by atoms with Crippen LogP contribution >= 0.6 is 0 Å². The molecule has 1 aromatic carbocycles. The molecule has 4 rings (SSSR count). The SMILES string of the molecule is Cc1c(-c2cccc(C(F)F)c2)c(=O)c(C(=O)NCc2cn3ccccc3n2)cn1C(C)C. The van der Waals surface area contributed by atoms with Crippen LogP contribution < -0.4 is 10.7 Å². The molecule has 0 bridgehead atoms. The van der Waals surface area contributed by atoms with Crippen LogP contribution in [0.15, 0.2) is 65.8 Å². The molecule has 0 unspecified atom stereocenters. The topological polar surface area (TPSA) is 68.4 Å². The highest BCUT2D eigenvalue weighted by atomic mass is 19.3. The monoisotopic (exact) mass is 450 g/mol. The lowest BCUT2D eigenvalue weighted by molar-refractivity contribution is 0.0948. The van der Waals surface area contributed by atoms with Crippen molar-refractivity contribution in [1.82, 2.24) is 19.3 Å². The van der Waals surface area contributed by atoms with Gasteiger partial charge in [-0.1, -0.05) is 24.3 Å². The van der Waals surface area contributed by atoms with Gasteiger partial charge in [-0.2, -0.15) is 0 Å². The fourth-order valence-corrected chi connectivity index (χ4v) is 3.93. The molecule has 0 atom stereocenters. The normalized spacial score (nSPS) is 11.5. The second-order valence-corrected chi connectivity index (χ2v) is 8.14. The Labute approximate surface area is 189 Å². The molecule has 0 aliphatic rings. The van der Waals surface area contributed by atoms with Crippen LogP contribution in [0, 0.1) is 6.92 Å². The molecule has 0 aliphatic carbocycles. The van der Waals surface area contributed by atoms with E-state index in [9.17, 15) is 18.4 Å². The third kappa shape index (κ3) is 4.41. The van der Waals surface area contributed by atoms with Gasteiger partial charge in [0.15, 0.2) is 0 Å². The predicted molar refractivity (Wildman–Crippen MR) is 123 cm³/mol. The molecule has 33 heavy (non-hydrogen) atoms. The first-order valence-electron chi connectivity index (χ1n) is 10.6. The summed E-state index contributed by atoms with van der Waals surface area (Å²) < 4.78 is 30.2. The molecule has 1 amide bonds. The Kier molecular flexibility index (Phi) is 6.09. The highest BCUT2D eigenvalue weighted by Crippen LogP contribution is 2.27. The third-order valence-electron chi connectivity index (χ3n) is 5.56. The average Bonchev–Trinajstić information content (AvgIpc) is 3.20. The molecule has 170 valence electrons. The van der Waals surface area contributed by atoms with Gasteiger partial charge in [0.1, 0.15) is 11.2 Å². The number of amides is 1. The van der Waals surface area contributed by atoms with Crippen LogP contribution in [0.25, 0.3) is 16.8 Å². The van der Waals surface area contributed by atoms with Crippen LogP contribution in [-0.4, -0.2) is 19.9 Å². The summed E-state index contributed by atoms with van der Waals surface area (Å²) in [5, 5.41) is 2.76. The number of carbonyl (C=O) groups excluding carboxylic acids is 1. The maximum atomic E-state index is 13.4. The number of nitrogens with one attached hydrogen (secondary N) is 1. The van der Waals surface area contributed by atoms with E-state index < -0.39 is 17.8 Å². The number of halogens is 2. The highest BCUT2D eigenvalue weighted by molar-refractivity contribution is 5.95. The quantitative estimate of drug-likeness (QED) is 0.453. The molecule has 4 aromatic rings. The number of rotatable bonds is 6. The van der Waals surface area contributed by atoms with E-state index in [0.717, 1.165) is 5.65 Å². The summed E-state index contributed by atoms with van der Waals surface area (Å²) >= 11 is 0. The van der Waals surface area contributed by atoms with E-state index >= 15 is 0 Å². The fraction of sp³-hybridized carbons (Fsp3) is 0.240. The molecule has 0 aliphatic heterocycles. The Morgan fingerprint density at radius 1 is 1.12 bits per heavy atom. The van der Waals surface area contributed by atoms with Crippen LogP contribution in [0.5, 0.6) is 0 Å². The molecule has 3 aromatic heterocycles. The van der Waals surface area contributed by atoms with Crippen LogP contribution in [0.1, 0.15) is 53.6 Å².